The van der Waals surface area contributed by atoms with Gasteiger partial charge in [0.15, 0.2) is 15.8 Å². The largest absolute Gasteiger partial charge is 0.493 e. The van der Waals surface area contributed by atoms with Crippen LogP contribution >= 0.6 is 0 Å². The minimum absolute atomic E-state index is 0.00170. The molecule has 0 atom stereocenters. The van der Waals surface area contributed by atoms with Crippen LogP contribution in [0.25, 0.3) is 0 Å². The predicted molar refractivity (Wildman–Crippen MR) is 121 cm³/mol. The van der Waals surface area contributed by atoms with Gasteiger partial charge in [0.1, 0.15) is 5.75 Å². The average Bonchev–Trinajstić information content (AvgIpc) is 3.56. The number of sulfone groups is 1. The van der Waals surface area contributed by atoms with Crippen molar-refractivity contribution >= 4 is 15.8 Å². The summed E-state index contributed by atoms with van der Waals surface area (Å²) < 4.78 is 30.9. The molecule has 3 rings (SSSR count). The number of nitrogens with one attached hydrogen (secondary N) is 2. The molecule has 1 aliphatic rings. The maximum absolute atomic E-state index is 12.4. The Morgan fingerprint density at radius 2 is 1.90 bits per heavy atom. The summed E-state index contributed by atoms with van der Waals surface area (Å²) in [5.41, 5.74) is 2.18. The van der Waals surface area contributed by atoms with Crippen LogP contribution in [0, 0.1) is 12.8 Å². The fourth-order valence-electron chi connectivity index (χ4n) is 2.97. The number of hydrogen-bond donors (Lipinski definition) is 2. The van der Waals surface area contributed by atoms with Gasteiger partial charge >= 0.3 is 0 Å². The van der Waals surface area contributed by atoms with Gasteiger partial charge in [0.25, 0.3) is 0 Å². The zero-order chi connectivity index (χ0) is 21.4. The van der Waals surface area contributed by atoms with Gasteiger partial charge in [-0.15, -0.1) is 0 Å². The van der Waals surface area contributed by atoms with Crippen molar-refractivity contribution in [2.24, 2.45) is 10.9 Å². The van der Waals surface area contributed by atoms with Crippen LogP contribution < -0.4 is 15.4 Å². The minimum atomic E-state index is -3.32. The lowest BCUT2D eigenvalue weighted by Crippen LogP contribution is -2.39. The number of ether oxygens (including phenoxy) is 1. The van der Waals surface area contributed by atoms with Gasteiger partial charge in [0.2, 0.25) is 0 Å². The zero-order valence-electron chi connectivity index (χ0n) is 17.7. The van der Waals surface area contributed by atoms with Crippen LogP contribution in [0.5, 0.6) is 5.75 Å². The Morgan fingerprint density at radius 3 is 2.60 bits per heavy atom. The molecule has 6 nitrogen and oxygen atoms in total. The molecular weight excluding hydrogens is 398 g/mol. The van der Waals surface area contributed by atoms with Crippen LogP contribution in [0.15, 0.2) is 58.4 Å². The smallest absolute Gasteiger partial charge is 0.191 e. The van der Waals surface area contributed by atoms with Crippen molar-refractivity contribution in [1.29, 1.82) is 0 Å². The second-order valence-electron chi connectivity index (χ2n) is 7.62. The van der Waals surface area contributed by atoms with Crippen molar-refractivity contribution in [2.45, 2.75) is 38.1 Å². The van der Waals surface area contributed by atoms with Gasteiger partial charge in [-0.3, -0.25) is 0 Å². The summed E-state index contributed by atoms with van der Waals surface area (Å²) in [6.45, 7) is 6.22. The molecule has 30 heavy (non-hydrogen) atoms. The fraction of sp³-hybridized carbons (Fsp3) is 0.435. The van der Waals surface area contributed by atoms with Gasteiger partial charge in [0.05, 0.1) is 23.8 Å². The standard InChI is InChI=1S/C23H31N3O3S/c1-3-24-23(25-13-14-30(27,28)21-7-5-4-6-8-21)26-16-20-12-9-18(2)15-22(20)29-17-19-10-11-19/h4-9,12,15,19H,3,10-11,13-14,16-17H2,1-2H3,(H2,24,25,26). The van der Waals surface area contributed by atoms with Gasteiger partial charge in [0, 0.05) is 18.7 Å². The van der Waals surface area contributed by atoms with Crippen molar-refractivity contribution in [1.82, 2.24) is 10.6 Å². The molecule has 0 saturated heterocycles. The van der Waals surface area contributed by atoms with Crippen LogP contribution in [-0.4, -0.2) is 39.8 Å². The number of benzene rings is 2. The van der Waals surface area contributed by atoms with Gasteiger partial charge in [-0.25, -0.2) is 13.4 Å². The summed E-state index contributed by atoms with van der Waals surface area (Å²) in [6.07, 6.45) is 2.50. The molecule has 1 saturated carbocycles. The Labute approximate surface area is 179 Å². The first kappa shape index (κ1) is 22.2. The average molecular weight is 430 g/mol. The van der Waals surface area contributed by atoms with Crippen LogP contribution in [0.2, 0.25) is 0 Å². The Morgan fingerprint density at radius 1 is 1.13 bits per heavy atom. The first-order valence-corrected chi connectivity index (χ1v) is 12.2. The summed E-state index contributed by atoms with van der Waals surface area (Å²) >= 11 is 0. The lowest BCUT2D eigenvalue weighted by atomic mass is 10.1. The van der Waals surface area contributed by atoms with Crippen LogP contribution in [-0.2, 0) is 16.4 Å². The highest BCUT2D eigenvalue weighted by Gasteiger charge is 2.22. The first-order valence-electron chi connectivity index (χ1n) is 10.5. The number of aliphatic imine (C=N–C) groups is 1. The fourth-order valence-corrected chi connectivity index (χ4v) is 4.15. The van der Waals surface area contributed by atoms with E-state index in [0.717, 1.165) is 23.5 Å². The highest BCUT2D eigenvalue weighted by molar-refractivity contribution is 7.91. The lowest BCUT2D eigenvalue weighted by molar-refractivity contribution is 0.296. The van der Waals surface area contributed by atoms with Crippen molar-refractivity contribution in [3.05, 3.63) is 59.7 Å². The molecular formula is C23H31N3O3S. The third kappa shape index (κ3) is 6.76. The molecule has 0 amide bonds. The SMILES string of the molecule is CCNC(=NCc1ccc(C)cc1OCC1CC1)NCCS(=O)(=O)c1ccccc1. The maximum Gasteiger partial charge on any atom is 0.191 e. The highest BCUT2D eigenvalue weighted by Crippen LogP contribution is 2.30. The lowest BCUT2D eigenvalue weighted by Gasteiger charge is -2.14. The van der Waals surface area contributed by atoms with E-state index in [1.165, 1.54) is 12.8 Å². The van der Waals surface area contributed by atoms with Crippen LogP contribution in [0.3, 0.4) is 0 Å². The maximum atomic E-state index is 12.4. The summed E-state index contributed by atoms with van der Waals surface area (Å²) in [5.74, 6) is 2.16. The van der Waals surface area contributed by atoms with Crippen LogP contribution in [0.1, 0.15) is 30.9 Å². The quantitative estimate of drug-likeness (QED) is 0.447. The molecule has 0 spiro atoms. The van der Waals surface area contributed by atoms with Gasteiger partial charge < -0.3 is 15.4 Å². The molecule has 0 aliphatic heterocycles. The summed E-state index contributed by atoms with van der Waals surface area (Å²) in [5, 5.41) is 6.30. The minimum Gasteiger partial charge on any atom is -0.493 e. The molecule has 162 valence electrons. The molecule has 2 aromatic rings. The van der Waals surface area contributed by atoms with E-state index in [2.05, 4.69) is 34.7 Å². The molecule has 7 heteroatoms. The number of hydrogen-bond acceptors (Lipinski definition) is 4. The first-order chi connectivity index (χ1) is 14.5. The van der Waals surface area contributed by atoms with Gasteiger partial charge in [-0.1, -0.05) is 30.3 Å². The molecule has 0 aromatic heterocycles. The summed E-state index contributed by atoms with van der Waals surface area (Å²) in [4.78, 5) is 4.97. The van der Waals surface area contributed by atoms with E-state index in [1.807, 2.05) is 13.0 Å². The second kappa shape index (κ2) is 10.5. The molecule has 1 fully saturated rings. The van der Waals surface area contributed by atoms with E-state index in [4.69, 9.17) is 4.74 Å². The second-order valence-corrected chi connectivity index (χ2v) is 9.73. The van der Waals surface area contributed by atoms with E-state index in [1.54, 1.807) is 30.3 Å². The third-order valence-electron chi connectivity index (χ3n) is 4.91. The normalized spacial score (nSPS) is 14.4. The van der Waals surface area contributed by atoms with Crippen molar-refractivity contribution in [2.75, 3.05) is 25.4 Å². The van der Waals surface area contributed by atoms with Gasteiger partial charge in [-0.05, 0) is 56.4 Å². The van der Waals surface area contributed by atoms with E-state index in [0.29, 0.717) is 29.9 Å². The Kier molecular flexibility index (Phi) is 7.74. The van der Waals surface area contributed by atoms with E-state index in [9.17, 15) is 8.42 Å². The molecule has 0 heterocycles. The number of guanidine groups is 1. The number of aryl methyl sites for hydroxylation is 1. The number of rotatable bonds is 10. The highest BCUT2D eigenvalue weighted by atomic mass is 32.2. The molecule has 2 N–H and O–H groups in total. The predicted octanol–water partition coefficient (Wildman–Crippen LogP) is 3.31. The monoisotopic (exact) mass is 429 g/mol. The summed E-state index contributed by atoms with van der Waals surface area (Å²) in [6, 6.07) is 14.7. The molecule has 0 radical (unpaired) electrons. The van der Waals surface area contributed by atoms with Gasteiger partial charge in [-0.2, -0.15) is 0 Å². The van der Waals surface area contributed by atoms with E-state index >= 15 is 0 Å². The molecule has 0 bridgehead atoms. The molecule has 1 aliphatic carbocycles. The molecule has 2 aromatic carbocycles. The zero-order valence-corrected chi connectivity index (χ0v) is 18.5. The Bertz CT molecular complexity index is 955. The third-order valence-corrected chi connectivity index (χ3v) is 6.64. The van der Waals surface area contributed by atoms with Crippen molar-refractivity contribution in [3.8, 4) is 5.75 Å². The molecule has 0 unspecified atom stereocenters. The van der Waals surface area contributed by atoms with Crippen LogP contribution in [0.4, 0.5) is 0 Å². The van der Waals surface area contributed by atoms with E-state index < -0.39 is 9.84 Å². The Hall–Kier alpha value is -2.54. The van der Waals surface area contributed by atoms with Crippen molar-refractivity contribution in [3.63, 3.8) is 0 Å². The van der Waals surface area contributed by atoms with Crippen molar-refractivity contribution < 1.29 is 13.2 Å². The summed E-state index contributed by atoms with van der Waals surface area (Å²) in [7, 11) is -3.32. The Balaban J connectivity index is 1.60. The topological polar surface area (TPSA) is 79.8 Å². The number of nitrogens with zero attached hydrogens (tertiary/aromatic N) is 1. The van der Waals surface area contributed by atoms with E-state index in [-0.39, 0.29) is 12.3 Å².